The zero-order valence-electron chi connectivity index (χ0n) is 32.9. The van der Waals surface area contributed by atoms with Crippen LogP contribution in [-0.4, -0.2) is 15.0 Å². The molecular weight excluding hydrogens is 727 g/mol. The van der Waals surface area contributed by atoms with Crippen molar-refractivity contribution in [1.82, 2.24) is 15.0 Å². The van der Waals surface area contributed by atoms with Crippen LogP contribution >= 0.6 is 0 Å². The van der Waals surface area contributed by atoms with Gasteiger partial charge in [0.15, 0.2) is 17.5 Å². The molecule has 10 rings (SSSR count). The van der Waals surface area contributed by atoms with Gasteiger partial charge in [0.05, 0.1) is 0 Å². The highest BCUT2D eigenvalue weighted by Crippen LogP contribution is 2.44. The minimum atomic E-state index is 0.637. The molecule has 0 aliphatic carbocycles. The van der Waals surface area contributed by atoms with E-state index in [2.05, 4.69) is 176 Å². The highest BCUT2D eigenvalue weighted by molar-refractivity contribution is 5.98. The molecule has 0 bridgehead atoms. The normalized spacial score (nSPS) is 11.0. The summed E-state index contributed by atoms with van der Waals surface area (Å²) >= 11 is 0. The average Bonchev–Trinajstić information content (AvgIpc) is 3.35. The van der Waals surface area contributed by atoms with Crippen LogP contribution in [0.15, 0.2) is 237 Å². The summed E-state index contributed by atoms with van der Waals surface area (Å²) in [6, 6.07) is 83.3. The largest absolute Gasteiger partial charge is 0.208 e. The van der Waals surface area contributed by atoms with Gasteiger partial charge in [0.1, 0.15) is 0 Å². The summed E-state index contributed by atoms with van der Waals surface area (Å²) in [5, 5.41) is 0. The predicted octanol–water partition coefficient (Wildman–Crippen LogP) is 14.9. The Hall–Kier alpha value is -8.01. The highest BCUT2D eigenvalue weighted by Gasteiger charge is 2.18. The quantitative estimate of drug-likeness (QED) is 0.147. The highest BCUT2D eigenvalue weighted by atomic mass is 15.0. The van der Waals surface area contributed by atoms with E-state index in [4.69, 9.17) is 15.0 Å². The second-order valence-corrected chi connectivity index (χ2v) is 14.8. The summed E-state index contributed by atoms with van der Waals surface area (Å²) in [4.78, 5) is 14.8. The molecule has 282 valence electrons. The number of hydrogen-bond acceptors (Lipinski definition) is 3. The first-order valence-electron chi connectivity index (χ1n) is 20.3. The van der Waals surface area contributed by atoms with Crippen molar-refractivity contribution in [2.75, 3.05) is 0 Å². The molecule has 0 radical (unpaired) electrons. The first-order valence-corrected chi connectivity index (χ1v) is 20.3. The van der Waals surface area contributed by atoms with E-state index >= 15 is 0 Å². The molecule has 0 aliphatic heterocycles. The van der Waals surface area contributed by atoms with Crippen LogP contribution in [0.1, 0.15) is 0 Å². The van der Waals surface area contributed by atoms with Crippen molar-refractivity contribution >= 4 is 0 Å². The van der Waals surface area contributed by atoms with Gasteiger partial charge >= 0.3 is 0 Å². The Morgan fingerprint density at radius 1 is 0.183 bits per heavy atom. The van der Waals surface area contributed by atoms with Crippen LogP contribution in [0.4, 0.5) is 0 Å². The maximum atomic E-state index is 4.98. The van der Waals surface area contributed by atoms with E-state index < -0.39 is 0 Å². The molecule has 1 aromatic heterocycles. The third-order valence-corrected chi connectivity index (χ3v) is 10.9. The summed E-state index contributed by atoms with van der Waals surface area (Å²) in [5.41, 5.74) is 16.9. The van der Waals surface area contributed by atoms with Gasteiger partial charge < -0.3 is 0 Å². The van der Waals surface area contributed by atoms with Gasteiger partial charge in [-0.25, -0.2) is 15.0 Å². The van der Waals surface area contributed by atoms with Crippen LogP contribution in [0.5, 0.6) is 0 Å². The van der Waals surface area contributed by atoms with E-state index in [1.54, 1.807) is 0 Å². The summed E-state index contributed by atoms with van der Waals surface area (Å²) in [5.74, 6) is 1.93. The first-order chi connectivity index (χ1) is 29.7. The lowest BCUT2D eigenvalue weighted by molar-refractivity contribution is 1.07. The average molecular weight is 766 g/mol. The van der Waals surface area contributed by atoms with Crippen LogP contribution in [0.3, 0.4) is 0 Å². The van der Waals surface area contributed by atoms with Crippen LogP contribution in [0.25, 0.3) is 101 Å². The Balaban J connectivity index is 1.02. The SMILES string of the molecule is c1ccc(-c2cc(-c3ccccc3)c(-c3ccc(-c4cccc(-c5cccc(-c6nc(-c7ccccc7)nc(-c7ccccc7)n6)c5)c4)cc3)c(-c3ccccc3)c2)cc1. The molecule has 0 fully saturated rings. The smallest absolute Gasteiger partial charge is 0.164 e. The number of benzene rings is 9. The van der Waals surface area contributed by atoms with Gasteiger partial charge in [0.25, 0.3) is 0 Å². The monoisotopic (exact) mass is 765 g/mol. The van der Waals surface area contributed by atoms with E-state index in [0.29, 0.717) is 17.5 Å². The summed E-state index contributed by atoms with van der Waals surface area (Å²) in [6.07, 6.45) is 0. The molecule has 60 heavy (non-hydrogen) atoms. The lowest BCUT2D eigenvalue weighted by Crippen LogP contribution is -2.00. The molecule has 0 saturated carbocycles. The van der Waals surface area contributed by atoms with Crippen molar-refractivity contribution in [3.63, 3.8) is 0 Å². The third kappa shape index (κ3) is 7.56. The van der Waals surface area contributed by atoms with Crippen LogP contribution < -0.4 is 0 Å². The Bertz CT molecular complexity index is 2920. The number of nitrogens with zero attached hydrogens (tertiary/aromatic N) is 3. The molecule has 9 aromatic carbocycles. The predicted molar refractivity (Wildman–Crippen MR) is 249 cm³/mol. The fourth-order valence-electron chi connectivity index (χ4n) is 7.92. The lowest BCUT2D eigenvalue weighted by Gasteiger charge is -2.19. The van der Waals surface area contributed by atoms with E-state index in [0.717, 1.165) is 38.9 Å². The second kappa shape index (κ2) is 16.5. The molecule has 0 N–H and O–H groups in total. The molecule has 3 heteroatoms. The zero-order valence-corrected chi connectivity index (χ0v) is 32.9. The van der Waals surface area contributed by atoms with E-state index in [1.807, 2.05) is 60.7 Å². The van der Waals surface area contributed by atoms with Gasteiger partial charge in [-0.3, -0.25) is 0 Å². The number of aromatic nitrogens is 3. The van der Waals surface area contributed by atoms with Crippen LogP contribution in [0.2, 0.25) is 0 Å². The van der Waals surface area contributed by atoms with Gasteiger partial charge in [0, 0.05) is 16.7 Å². The molecule has 10 aromatic rings. The Morgan fingerprint density at radius 2 is 0.483 bits per heavy atom. The topological polar surface area (TPSA) is 38.7 Å². The third-order valence-electron chi connectivity index (χ3n) is 10.9. The second-order valence-electron chi connectivity index (χ2n) is 14.8. The molecule has 0 atom stereocenters. The minimum Gasteiger partial charge on any atom is -0.208 e. The molecule has 3 nitrogen and oxygen atoms in total. The minimum absolute atomic E-state index is 0.637. The van der Waals surface area contributed by atoms with Gasteiger partial charge in [-0.2, -0.15) is 0 Å². The number of hydrogen-bond donors (Lipinski definition) is 0. The van der Waals surface area contributed by atoms with E-state index in [1.165, 1.54) is 44.5 Å². The molecule has 1 heterocycles. The Labute approximate surface area is 351 Å². The van der Waals surface area contributed by atoms with Crippen LogP contribution in [-0.2, 0) is 0 Å². The Morgan fingerprint density at radius 3 is 0.933 bits per heavy atom. The molecule has 0 unspecified atom stereocenters. The van der Waals surface area contributed by atoms with Crippen LogP contribution in [0, 0.1) is 0 Å². The van der Waals surface area contributed by atoms with Crippen molar-refractivity contribution in [2.45, 2.75) is 0 Å². The standard InChI is InChI=1S/C57H39N3/c1-6-18-40(19-7-1)51-38-52(42-20-8-2-9-21-42)54(53(39-51)43-22-10-3-11-23-43)44-34-32-41(33-35-44)47-28-16-29-48(36-47)49-30-17-31-50(37-49)57-59-55(45-24-12-4-13-25-45)58-56(60-57)46-26-14-5-15-27-46/h1-39H. The van der Waals surface area contributed by atoms with Crippen molar-refractivity contribution in [1.29, 1.82) is 0 Å². The van der Waals surface area contributed by atoms with Crippen molar-refractivity contribution < 1.29 is 0 Å². The fourth-order valence-corrected chi connectivity index (χ4v) is 7.92. The number of rotatable bonds is 9. The van der Waals surface area contributed by atoms with E-state index in [9.17, 15) is 0 Å². The fraction of sp³-hybridized carbons (Fsp3) is 0. The zero-order chi connectivity index (χ0) is 40.1. The van der Waals surface area contributed by atoms with Gasteiger partial charge in [0.2, 0.25) is 0 Å². The van der Waals surface area contributed by atoms with Gasteiger partial charge in [-0.05, 0) is 91.0 Å². The van der Waals surface area contributed by atoms with Crippen molar-refractivity contribution in [2.24, 2.45) is 0 Å². The first kappa shape index (κ1) is 36.3. The van der Waals surface area contributed by atoms with Gasteiger partial charge in [-0.1, -0.05) is 212 Å². The summed E-state index contributed by atoms with van der Waals surface area (Å²) < 4.78 is 0. The van der Waals surface area contributed by atoms with Crippen molar-refractivity contribution in [3.05, 3.63) is 237 Å². The molecule has 0 saturated heterocycles. The molecular formula is C57H39N3. The van der Waals surface area contributed by atoms with Gasteiger partial charge in [-0.15, -0.1) is 0 Å². The molecule has 0 amide bonds. The molecule has 0 aliphatic rings. The summed E-state index contributed by atoms with van der Waals surface area (Å²) in [7, 11) is 0. The molecule has 0 spiro atoms. The lowest BCUT2D eigenvalue weighted by atomic mass is 9.84. The maximum absolute atomic E-state index is 4.98. The van der Waals surface area contributed by atoms with Crippen molar-refractivity contribution in [3.8, 4) is 101 Å². The summed E-state index contributed by atoms with van der Waals surface area (Å²) in [6.45, 7) is 0. The van der Waals surface area contributed by atoms with E-state index in [-0.39, 0.29) is 0 Å². The maximum Gasteiger partial charge on any atom is 0.164 e. The Kier molecular flexibility index (Phi) is 9.97.